The van der Waals surface area contributed by atoms with Gasteiger partial charge < -0.3 is 9.47 Å². The van der Waals surface area contributed by atoms with Crippen molar-refractivity contribution in [1.82, 2.24) is 4.90 Å². The van der Waals surface area contributed by atoms with Crippen molar-refractivity contribution in [2.45, 2.75) is 87.0 Å². The minimum atomic E-state index is -0.317. The average Bonchev–Trinajstić information content (AvgIpc) is 2.71. The average molecular weight is 462 g/mol. The summed E-state index contributed by atoms with van der Waals surface area (Å²) in [5, 5.41) is 0. The number of allylic oxidation sites excluding steroid dienone is 6. The van der Waals surface area contributed by atoms with Crippen LogP contribution in [0.2, 0.25) is 0 Å². The zero-order valence-corrected chi connectivity index (χ0v) is 22.2. The Labute approximate surface area is 202 Å². The first-order chi connectivity index (χ1) is 15.6. The maximum absolute atomic E-state index is 12.3. The molecule has 0 amide bonds. The Morgan fingerprint density at radius 2 is 1.12 bits per heavy atom. The van der Waals surface area contributed by atoms with Gasteiger partial charge in [0.05, 0.1) is 13.1 Å². The highest BCUT2D eigenvalue weighted by Crippen LogP contribution is 2.08. The lowest BCUT2D eigenvalue weighted by Crippen LogP contribution is -2.36. The van der Waals surface area contributed by atoms with Gasteiger partial charge >= 0.3 is 11.9 Å². The fourth-order valence-corrected chi connectivity index (χ4v) is 2.99. The van der Waals surface area contributed by atoms with Crippen LogP contribution in [0.4, 0.5) is 0 Å². The Bertz CT molecular complexity index is 637. The maximum atomic E-state index is 12.3. The molecule has 0 atom stereocenters. The molecule has 0 aromatic heterocycles. The summed E-state index contributed by atoms with van der Waals surface area (Å²) in [6.45, 7) is 15.9. The molecule has 0 N–H and O–H groups in total. The van der Waals surface area contributed by atoms with Gasteiger partial charge in [0.2, 0.25) is 0 Å². The molecule has 0 spiro atoms. The lowest BCUT2D eigenvalue weighted by Gasteiger charge is -2.20. The van der Waals surface area contributed by atoms with E-state index in [0.717, 1.165) is 38.5 Å². The molecule has 0 fully saturated rings. The number of nitrogens with zero attached hydrogens (tertiary/aromatic N) is 1. The Balaban J connectivity index is 4.46. The van der Waals surface area contributed by atoms with Crippen molar-refractivity contribution in [2.75, 3.05) is 32.8 Å². The molecule has 0 heterocycles. The molecule has 0 aliphatic carbocycles. The van der Waals surface area contributed by atoms with Crippen molar-refractivity contribution in [3.63, 3.8) is 0 Å². The van der Waals surface area contributed by atoms with Crippen LogP contribution in [0.1, 0.15) is 87.0 Å². The molecule has 33 heavy (non-hydrogen) atoms. The fourth-order valence-electron chi connectivity index (χ4n) is 2.99. The molecule has 5 heteroatoms. The molecule has 0 unspecified atom stereocenters. The first-order valence-electron chi connectivity index (χ1n) is 12.3. The van der Waals surface area contributed by atoms with Crippen LogP contribution in [-0.4, -0.2) is 49.7 Å². The van der Waals surface area contributed by atoms with Crippen LogP contribution < -0.4 is 0 Å². The predicted molar refractivity (Wildman–Crippen MR) is 138 cm³/mol. The monoisotopic (exact) mass is 461 g/mol. The van der Waals surface area contributed by atoms with E-state index >= 15 is 0 Å². The molecular formula is C28H47NO4. The Morgan fingerprint density at radius 3 is 1.48 bits per heavy atom. The van der Waals surface area contributed by atoms with Crippen molar-refractivity contribution in [3.8, 4) is 0 Å². The molecule has 0 aromatic carbocycles. The van der Waals surface area contributed by atoms with Gasteiger partial charge in [-0.05, 0) is 92.3 Å². The lowest BCUT2D eigenvalue weighted by atomic mass is 10.1. The number of hydrogen-bond acceptors (Lipinski definition) is 5. The van der Waals surface area contributed by atoms with Gasteiger partial charge in [0.1, 0.15) is 13.2 Å². The van der Waals surface area contributed by atoms with Crippen LogP contribution in [0, 0.1) is 0 Å². The molecule has 0 aliphatic heterocycles. The van der Waals surface area contributed by atoms with Crippen molar-refractivity contribution in [3.05, 3.63) is 46.6 Å². The Hall–Kier alpha value is -2.14. The second-order valence-corrected chi connectivity index (χ2v) is 9.17. The van der Waals surface area contributed by atoms with Crippen molar-refractivity contribution in [2.24, 2.45) is 0 Å². The highest BCUT2D eigenvalue weighted by molar-refractivity contribution is 5.75. The lowest BCUT2D eigenvalue weighted by molar-refractivity contribution is -0.147. The van der Waals surface area contributed by atoms with E-state index in [1.54, 1.807) is 0 Å². The molecule has 0 aromatic rings. The topological polar surface area (TPSA) is 55.8 Å². The Morgan fingerprint density at radius 1 is 0.697 bits per heavy atom. The highest BCUT2D eigenvalue weighted by Gasteiger charge is 2.15. The van der Waals surface area contributed by atoms with Crippen LogP contribution in [0.5, 0.6) is 0 Å². The first-order valence-corrected chi connectivity index (χ1v) is 12.3. The summed E-state index contributed by atoms with van der Waals surface area (Å²) < 4.78 is 10.7. The van der Waals surface area contributed by atoms with Gasteiger partial charge in [-0.1, -0.05) is 47.8 Å². The van der Waals surface area contributed by atoms with Gasteiger partial charge in [-0.15, -0.1) is 0 Å². The SMILES string of the molecule is CCCCN(CC(=O)OC/C=C(\C)CCC=C(C)C)CC(=O)OC/C=C(\C)CCC=C(C)C. The van der Waals surface area contributed by atoms with Gasteiger partial charge in [0.25, 0.3) is 0 Å². The molecule has 0 saturated heterocycles. The van der Waals surface area contributed by atoms with Gasteiger partial charge in [-0.2, -0.15) is 0 Å². The number of carbonyl (C=O) groups is 2. The maximum Gasteiger partial charge on any atom is 0.320 e. The van der Waals surface area contributed by atoms with E-state index in [1.165, 1.54) is 22.3 Å². The number of esters is 2. The van der Waals surface area contributed by atoms with E-state index < -0.39 is 0 Å². The van der Waals surface area contributed by atoms with Crippen LogP contribution in [0.25, 0.3) is 0 Å². The smallest absolute Gasteiger partial charge is 0.320 e. The largest absolute Gasteiger partial charge is 0.460 e. The van der Waals surface area contributed by atoms with E-state index in [1.807, 2.05) is 30.9 Å². The number of carbonyl (C=O) groups excluding carboxylic acids is 2. The van der Waals surface area contributed by atoms with Gasteiger partial charge in [0.15, 0.2) is 0 Å². The number of rotatable bonds is 17. The number of hydrogen-bond donors (Lipinski definition) is 0. The van der Waals surface area contributed by atoms with Crippen LogP contribution >= 0.6 is 0 Å². The third kappa shape index (κ3) is 20.2. The minimum Gasteiger partial charge on any atom is -0.460 e. The normalized spacial score (nSPS) is 11.9. The van der Waals surface area contributed by atoms with E-state index in [9.17, 15) is 9.59 Å². The first kappa shape index (κ1) is 30.9. The summed E-state index contributed by atoms with van der Waals surface area (Å²) in [6.07, 6.45) is 14.1. The van der Waals surface area contributed by atoms with E-state index in [4.69, 9.17) is 9.47 Å². The van der Waals surface area contributed by atoms with Crippen molar-refractivity contribution < 1.29 is 19.1 Å². The zero-order chi connectivity index (χ0) is 25.1. The zero-order valence-electron chi connectivity index (χ0n) is 22.2. The summed E-state index contributed by atoms with van der Waals surface area (Å²) in [5.74, 6) is -0.635. The summed E-state index contributed by atoms with van der Waals surface area (Å²) in [6, 6.07) is 0. The molecule has 188 valence electrons. The quantitative estimate of drug-likeness (QED) is 0.181. The third-order valence-electron chi connectivity index (χ3n) is 5.07. The summed E-state index contributed by atoms with van der Waals surface area (Å²) in [4.78, 5) is 26.3. The van der Waals surface area contributed by atoms with Crippen LogP contribution in [0.3, 0.4) is 0 Å². The highest BCUT2D eigenvalue weighted by atomic mass is 16.5. The standard InChI is InChI=1S/C28H47NO4/c1-8-9-18-29(21-27(30)32-19-16-25(6)14-10-12-23(2)3)22-28(31)33-20-17-26(7)15-11-13-24(4)5/h12-13,16-17H,8-11,14-15,18-22H2,1-7H3/b25-16+,26-17+. The third-order valence-corrected chi connectivity index (χ3v) is 5.07. The fraction of sp³-hybridized carbons (Fsp3) is 0.643. The molecule has 0 aliphatic rings. The van der Waals surface area contributed by atoms with E-state index in [2.05, 4.69) is 46.8 Å². The van der Waals surface area contributed by atoms with Gasteiger partial charge in [0, 0.05) is 0 Å². The molecule has 0 saturated carbocycles. The Kier molecular flexibility index (Phi) is 18.1. The molecule has 0 rings (SSSR count). The summed E-state index contributed by atoms with van der Waals surface area (Å²) in [5.41, 5.74) is 5.03. The van der Waals surface area contributed by atoms with Crippen molar-refractivity contribution >= 4 is 11.9 Å². The van der Waals surface area contributed by atoms with Gasteiger partial charge in [-0.25, -0.2) is 0 Å². The van der Waals surface area contributed by atoms with Crippen molar-refractivity contribution in [1.29, 1.82) is 0 Å². The van der Waals surface area contributed by atoms with Crippen LogP contribution in [0.15, 0.2) is 46.6 Å². The van der Waals surface area contributed by atoms with E-state index in [-0.39, 0.29) is 38.2 Å². The van der Waals surface area contributed by atoms with Gasteiger partial charge in [-0.3, -0.25) is 14.5 Å². The molecule has 0 radical (unpaired) electrons. The molecular weight excluding hydrogens is 414 g/mol. The summed E-state index contributed by atoms with van der Waals surface area (Å²) in [7, 11) is 0. The molecule has 5 nitrogen and oxygen atoms in total. The summed E-state index contributed by atoms with van der Waals surface area (Å²) >= 11 is 0. The second kappa shape index (κ2) is 19.3. The minimum absolute atomic E-state index is 0.0946. The van der Waals surface area contributed by atoms with E-state index in [0.29, 0.717) is 6.54 Å². The number of ether oxygens (including phenoxy) is 2. The van der Waals surface area contributed by atoms with Crippen LogP contribution in [-0.2, 0) is 19.1 Å². The second-order valence-electron chi connectivity index (χ2n) is 9.17. The molecule has 0 bridgehead atoms. The number of unbranched alkanes of at least 4 members (excludes halogenated alkanes) is 1. The predicted octanol–water partition coefficient (Wildman–Crippen LogP) is 6.56.